The van der Waals surface area contributed by atoms with Crippen LogP contribution in [0.3, 0.4) is 0 Å². The number of sulfonamides is 1. The van der Waals surface area contributed by atoms with E-state index in [-0.39, 0.29) is 5.91 Å². The Labute approximate surface area is 126 Å². The Morgan fingerprint density at radius 2 is 2.00 bits per heavy atom. The van der Waals surface area contributed by atoms with Crippen molar-refractivity contribution in [3.63, 3.8) is 0 Å². The van der Waals surface area contributed by atoms with Crippen LogP contribution >= 0.6 is 11.3 Å². The number of amides is 1. The van der Waals surface area contributed by atoms with Crippen LogP contribution < -0.4 is 10.1 Å². The molecular formula is C13H13N3O3S2. The predicted molar refractivity (Wildman–Crippen MR) is 81.3 cm³/mol. The number of hydrazine groups is 1. The summed E-state index contributed by atoms with van der Waals surface area (Å²) >= 11 is 1.44. The van der Waals surface area contributed by atoms with E-state index in [0.717, 1.165) is 16.1 Å². The molecule has 0 radical (unpaired) electrons. The third kappa shape index (κ3) is 2.78. The average Bonchev–Trinajstić information content (AvgIpc) is 2.94. The molecule has 0 aliphatic carbocycles. The molecule has 2 heterocycles. The molecule has 21 heavy (non-hydrogen) atoms. The molecule has 1 amide bonds. The first-order valence-corrected chi connectivity index (χ1v) is 8.93. The number of nitrogens with one attached hydrogen (secondary N) is 2. The Bertz CT molecular complexity index is 772. The fourth-order valence-electron chi connectivity index (χ4n) is 2.17. The Hall–Kier alpha value is -1.90. The van der Waals surface area contributed by atoms with E-state index in [1.165, 1.54) is 11.3 Å². The van der Waals surface area contributed by atoms with Gasteiger partial charge in [0.2, 0.25) is 10.0 Å². The van der Waals surface area contributed by atoms with Gasteiger partial charge in [0, 0.05) is 10.6 Å². The number of nitrogens with zero attached hydrogens (tertiary/aromatic N) is 1. The maximum atomic E-state index is 12.6. The third-order valence-electron chi connectivity index (χ3n) is 3.00. The van der Waals surface area contributed by atoms with Gasteiger partial charge in [0.05, 0.1) is 11.8 Å². The van der Waals surface area contributed by atoms with Crippen LogP contribution in [0.15, 0.2) is 41.8 Å². The maximum absolute atomic E-state index is 12.6. The minimum absolute atomic E-state index is 0.381. The van der Waals surface area contributed by atoms with Crippen LogP contribution in [0.4, 0.5) is 5.69 Å². The molecule has 110 valence electrons. The van der Waals surface area contributed by atoms with Crippen molar-refractivity contribution in [3.8, 4) is 0 Å². The zero-order valence-electron chi connectivity index (χ0n) is 11.1. The first-order chi connectivity index (χ1) is 9.96. The molecule has 0 spiro atoms. The van der Waals surface area contributed by atoms with E-state index in [2.05, 4.69) is 10.1 Å². The van der Waals surface area contributed by atoms with Crippen LogP contribution in [0.5, 0.6) is 0 Å². The van der Waals surface area contributed by atoms with Crippen molar-refractivity contribution in [2.24, 2.45) is 0 Å². The zero-order chi connectivity index (χ0) is 15.0. The van der Waals surface area contributed by atoms with Gasteiger partial charge in [-0.25, -0.2) is 13.4 Å². The van der Waals surface area contributed by atoms with Gasteiger partial charge in [-0.3, -0.25) is 4.79 Å². The standard InChI is InChI=1S/C13H13N3O3S2/c1-21(18,19)15-16-12(11-7-4-8-20-11)14-10-6-3-2-5-9(10)13(16)17/h2-8,12,14-15H,1H3/t12-/m0/s1. The van der Waals surface area contributed by atoms with Gasteiger partial charge in [-0.05, 0) is 23.6 Å². The lowest BCUT2D eigenvalue weighted by Gasteiger charge is -2.36. The van der Waals surface area contributed by atoms with Crippen LogP contribution in [0.25, 0.3) is 0 Å². The minimum Gasteiger partial charge on any atom is -0.359 e. The summed E-state index contributed by atoms with van der Waals surface area (Å²) in [5.74, 6) is -0.381. The molecule has 2 aromatic rings. The number of hydrogen-bond acceptors (Lipinski definition) is 5. The molecular weight excluding hydrogens is 310 g/mol. The van der Waals surface area contributed by atoms with E-state index in [0.29, 0.717) is 11.3 Å². The van der Waals surface area contributed by atoms with Gasteiger partial charge in [0.25, 0.3) is 5.91 Å². The number of benzene rings is 1. The highest BCUT2D eigenvalue weighted by Gasteiger charge is 2.35. The second-order valence-electron chi connectivity index (χ2n) is 4.65. The van der Waals surface area contributed by atoms with E-state index in [1.54, 1.807) is 18.2 Å². The lowest BCUT2D eigenvalue weighted by Crippen LogP contribution is -2.52. The van der Waals surface area contributed by atoms with Crippen LogP contribution in [0.1, 0.15) is 21.4 Å². The van der Waals surface area contributed by atoms with E-state index in [1.807, 2.05) is 23.6 Å². The van der Waals surface area contributed by atoms with E-state index in [9.17, 15) is 13.2 Å². The summed E-state index contributed by atoms with van der Waals surface area (Å²) in [6, 6.07) is 10.7. The second kappa shape index (κ2) is 5.14. The van der Waals surface area contributed by atoms with Crippen LogP contribution in [0.2, 0.25) is 0 Å². The summed E-state index contributed by atoms with van der Waals surface area (Å²) in [4.78, 5) is 15.7. The molecule has 0 saturated heterocycles. The molecule has 1 aliphatic rings. The summed E-state index contributed by atoms with van der Waals surface area (Å²) in [6.07, 6.45) is 0.453. The molecule has 0 saturated carbocycles. The largest absolute Gasteiger partial charge is 0.359 e. The summed E-state index contributed by atoms with van der Waals surface area (Å²) in [7, 11) is -3.56. The molecule has 3 rings (SSSR count). The van der Waals surface area contributed by atoms with Gasteiger partial charge in [-0.15, -0.1) is 16.2 Å². The number of hydrogen-bond donors (Lipinski definition) is 2. The number of para-hydroxylation sites is 1. The Morgan fingerprint density at radius 1 is 1.24 bits per heavy atom. The van der Waals surface area contributed by atoms with E-state index >= 15 is 0 Å². The molecule has 2 N–H and O–H groups in total. The molecule has 1 aromatic heterocycles. The summed E-state index contributed by atoms with van der Waals surface area (Å²) < 4.78 is 23.1. The Kier molecular flexibility index (Phi) is 3.44. The SMILES string of the molecule is CS(=O)(=O)NN1C(=O)c2ccccc2N[C@@H]1c1cccs1. The number of carbonyl (C=O) groups excluding carboxylic acids is 1. The van der Waals surface area contributed by atoms with Crippen molar-refractivity contribution in [1.29, 1.82) is 0 Å². The molecule has 1 aliphatic heterocycles. The third-order valence-corrected chi connectivity index (χ3v) is 4.46. The van der Waals surface area contributed by atoms with Gasteiger partial charge in [0.15, 0.2) is 6.17 Å². The highest BCUT2D eigenvalue weighted by Crippen LogP contribution is 2.33. The van der Waals surface area contributed by atoms with Crippen molar-refractivity contribution in [1.82, 2.24) is 9.84 Å². The van der Waals surface area contributed by atoms with Gasteiger partial charge in [-0.2, -0.15) is 0 Å². The molecule has 1 atom stereocenters. The normalized spacial score (nSPS) is 18.2. The molecule has 0 bridgehead atoms. The predicted octanol–water partition coefficient (Wildman–Crippen LogP) is 1.78. The van der Waals surface area contributed by atoms with Crippen LogP contribution in [-0.4, -0.2) is 25.6 Å². The summed E-state index contributed by atoms with van der Waals surface area (Å²) in [5.41, 5.74) is 1.12. The number of carbonyl (C=O) groups is 1. The van der Waals surface area contributed by atoms with E-state index < -0.39 is 16.2 Å². The van der Waals surface area contributed by atoms with Crippen molar-refractivity contribution < 1.29 is 13.2 Å². The maximum Gasteiger partial charge on any atom is 0.273 e. The fourth-order valence-corrected chi connectivity index (χ4v) is 3.48. The smallest absolute Gasteiger partial charge is 0.273 e. The summed E-state index contributed by atoms with van der Waals surface area (Å²) in [5, 5.41) is 6.18. The number of anilines is 1. The Morgan fingerprint density at radius 3 is 2.67 bits per heavy atom. The molecule has 0 unspecified atom stereocenters. The highest BCUT2D eigenvalue weighted by molar-refractivity contribution is 7.88. The van der Waals surface area contributed by atoms with Crippen LogP contribution in [-0.2, 0) is 10.0 Å². The fraction of sp³-hybridized carbons (Fsp3) is 0.154. The lowest BCUT2D eigenvalue weighted by atomic mass is 10.1. The second-order valence-corrected chi connectivity index (χ2v) is 7.35. The monoisotopic (exact) mass is 323 g/mol. The zero-order valence-corrected chi connectivity index (χ0v) is 12.7. The van der Waals surface area contributed by atoms with Gasteiger partial charge < -0.3 is 5.32 Å². The first kappa shape index (κ1) is 14.1. The van der Waals surface area contributed by atoms with Gasteiger partial charge in [0.1, 0.15) is 0 Å². The van der Waals surface area contributed by atoms with Crippen molar-refractivity contribution in [2.75, 3.05) is 11.6 Å². The quantitative estimate of drug-likeness (QED) is 0.902. The molecule has 8 heteroatoms. The lowest BCUT2D eigenvalue weighted by molar-refractivity contribution is 0.0637. The number of fused-ring (bicyclic) bond motifs is 1. The van der Waals surface area contributed by atoms with Crippen molar-refractivity contribution in [2.45, 2.75) is 6.17 Å². The number of rotatable bonds is 3. The highest BCUT2D eigenvalue weighted by atomic mass is 32.2. The van der Waals surface area contributed by atoms with Crippen molar-refractivity contribution in [3.05, 3.63) is 52.2 Å². The van der Waals surface area contributed by atoms with Gasteiger partial charge >= 0.3 is 0 Å². The van der Waals surface area contributed by atoms with Gasteiger partial charge in [-0.1, -0.05) is 18.2 Å². The Balaban J connectivity index is 2.07. The van der Waals surface area contributed by atoms with Crippen molar-refractivity contribution >= 4 is 33.0 Å². The first-order valence-electron chi connectivity index (χ1n) is 6.16. The molecule has 0 fully saturated rings. The van der Waals surface area contributed by atoms with Crippen LogP contribution in [0, 0.1) is 0 Å². The molecule has 1 aromatic carbocycles. The van der Waals surface area contributed by atoms with E-state index in [4.69, 9.17) is 0 Å². The molecule has 6 nitrogen and oxygen atoms in total. The summed E-state index contributed by atoms with van der Waals surface area (Å²) in [6.45, 7) is 0. The minimum atomic E-state index is -3.56. The topological polar surface area (TPSA) is 78.5 Å². The average molecular weight is 323 g/mol. The number of thiophene rings is 1.